The number of nitrogens with two attached hydrogens (primary N) is 1. The maximum absolute atomic E-state index is 13.3. The molecule has 0 radical (unpaired) electrons. The largest absolute Gasteiger partial charge is 0.329 e. The van der Waals surface area contributed by atoms with Gasteiger partial charge >= 0.3 is 0 Å². The Bertz CT molecular complexity index is 464. The lowest BCUT2D eigenvalue weighted by atomic mass is 10.4. The van der Waals surface area contributed by atoms with Gasteiger partial charge in [0.15, 0.2) is 5.82 Å². The van der Waals surface area contributed by atoms with Crippen molar-refractivity contribution in [3.05, 3.63) is 24.1 Å². The lowest BCUT2D eigenvalue weighted by Gasteiger charge is -2.22. The zero-order valence-electron chi connectivity index (χ0n) is 9.09. The summed E-state index contributed by atoms with van der Waals surface area (Å²) in [6, 6.07) is 1.98. The molecule has 0 saturated carbocycles. The molecule has 16 heavy (non-hydrogen) atoms. The number of likely N-dealkylation sites (N-methyl/N-ethyl adjacent to an activating group) is 1. The van der Waals surface area contributed by atoms with Gasteiger partial charge in [-0.2, -0.15) is 4.31 Å². The number of halogens is 1. The molecule has 7 heteroatoms. The minimum Gasteiger partial charge on any atom is -0.329 e. The second kappa shape index (κ2) is 4.86. The van der Waals surface area contributed by atoms with Crippen molar-refractivity contribution >= 4 is 10.0 Å². The van der Waals surface area contributed by atoms with E-state index in [0.717, 1.165) is 10.4 Å². The molecule has 0 saturated heterocycles. The van der Waals surface area contributed by atoms with Crippen molar-refractivity contribution < 1.29 is 12.8 Å². The van der Waals surface area contributed by atoms with Crippen molar-refractivity contribution in [2.45, 2.75) is 18.0 Å². The van der Waals surface area contributed by atoms with E-state index in [4.69, 9.17) is 5.73 Å². The first-order chi connectivity index (χ1) is 7.41. The van der Waals surface area contributed by atoms with Crippen molar-refractivity contribution in [3.63, 3.8) is 0 Å². The highest BCUT2D eigenvalue weighted by Crippen LogP contribution is 2.16. The highest BCUT2D eigenvalue weighted by atomic mass is 32.2. The summed E-state index contributed by atoms with van der Waals surface area (Å²) < 4.78 is 38.2. The topological polar surface area (TPSA) is 76.3 Å². The summed E-state index contributed by atoms with van der Waals surface area (Å²) in [6.07, 6.45) is 1.23. The van der Waals surface area contributed by atoms with Crippen LogP contribution in [0.3, 0.4) is 0 Å². The van der Waals surface area contributed by atoms with E-state index in [1.807, 2.05) is 0 Å². The standard InChI is InChI=1S/C9H14FN3O2S/c1-7(6-11)13(2)16(14,15)9-8(10)4-3-5-12-9/h3-5,7H,6,11H2,1-2H3. The summed E-state index contributed by atoms with van der Waals surface area (Å²) >= 11 is 0. The third-order valence-corrected chi connectivity index (χ3v) is 4.22. The van der Waals surface area contributed by atoms with Crippen LogP contribution in [0.5, 0.6) is 0 Å². The van der Waals surface area contributed by atoms with Gasteiger partial charge in [-0.1, -0.05) is 0 Å². The van der Waals surface area contributed by atoms with E-state index in [0.29, 0.717) is 0 Å². The van der Waals surface area contributed by atoms with Crippen molar-refractivity contribution in [1.82, 2.24) is 9.29 Å². The molecule has 2 N–H and O–H groups in total. The zero-order valence-corrected chi connectivity index (χ0v) is 9.91. The quantitative estimate of drug-likeness (QED) is 0.824. The van der Waals surface area contributed by atoms with Crippen LogP contribution in [-0.4, -0.2) is 37.3 Å². The molecule has 0 fully saturated rings. The number of hydrogen-bond acceptors (Lipinski definition) is 4. The first-order valence-electron chi connectivity index (χ1n) is 4.70. The molecule has 0 spiro atoms. The summed E-state index contributed by atoms with van der Waals surface area (Å²) in [5.74, 6) is -0.862. The maximum Gasteiger partial charge on any atom is 0.263 e. The van der Waals surface area contributed by atoms with Gasteiger partial charge in [0.25, 0.3) is 10.0 Å². The molecule has 5 nitrogen and oxygen atoms in total. The van der Waals surface area contributed by atoms with Crippen LogP contribution >= 0.6 is 0 Å². The Morgan fingerprint density at radius 1 is 1.62 bits per heavy atom. The van der Waals surface area contributed by atoms with Crippen molar-refractivity contribution in [2.24, 2.45) is 5.73 Å². The van der Waals surface area contributed by atoms with E-state index >= 15 is 0 Å². The predicted octanol–water partition coefficient (Wildman–Crippen LogP) is 0.188. The molecule has 0 aromatic carbocycles. The van der Waals surface area contributed by atoms with Gasteiger partial charge in [0, 0.05) is 25.8 Å². The molecular formula is C9H14FN3O2S. The Morgan fingerprint density at radius 2 is 2.25 bits per heavy atom. The first kappa shape index (κ1) is 13.0. The smallest absolute Gasteiger partial charge is 0.263 e. The lowest BCUT2D eigenvalue weighted by molar-refractivity contribution is 0.389. The fourth-order valence-electron chi connectivity index (χ4n) is 1.08. The van der Waals surface area contributed by atoms with E-state index in [-0.39, 0.29) is 6.54 Å². The summed E-state index contributed by atoms with van der Waals surface area (Å²) in [7, 11) is -2.57. The van der Waals surface area contributed by atoms with Crippen LogP contribution in [0.15, 0.2) is 23.4 Å². The van der Waals surface area contributed by atoms with Crippen LogP contribution in [0, 0.1) is 5.82 Å². The van der Waals surface area contributed by atoms with Crippen molar-refractivity contribution in [3.8, 4) is 0 Å². The Balaban J connectivity index is 3.17. The molecule has 0 bridgehead atoms. The van der Waals surface area contributed by atoms with Gasteiger partial charge in [-0.05, 0) is 19.1 Å². The van der Waals surface area contributed by atoms with Crippen LogP contribution in [0.2, 0.25) is 0 Å². The highest BCUT2D eigenvalue weighted by molar-refractivity contribution is 7.89. The molecule has 1 atom stereocenters. The predicted molar refractivity (Wildman–Crippen MR) is 57.7 cm³/mol. The van der Waals surface area contributed by atoms with Crippen LogP contribution in [0.4, 0.5) is 4.39 Å². The minimum absolute atomic E-state index is 0.157. The monoisotopic (exact) mass is 247 g/mol. The molecule has 1 unspecified atom stereocenters. The fourth-order valence-corrected chi connectivity index (χ4v) is 2.42. The third kappa shape index (κ3) is 2.37. The summed E-state index contributed by atoms with van der Waals surface area (Å²) in [5, 5.41) is -0.571. The van der Waals surface area contributed by atoms with Gasteiger partial charge in [-0.15, -0.1) is 0 Å². The van der Waals surface area contributed by atoms with Gasteiger partial charge in [0.1, 0.15) is 0 Å². The van der Waals surface area contributed by atoms with Crippen molar-refractivity contribution in [2.75, 3.05) is 13.6 Å². The van der Waals surface area contributed by atoms with E-state index in [1.54, 1.807) is 6.92 Å². The Labute approximate surface area is 94.1 Å². The molecule has 1 heterocycles. The van der Waals surface area contributed by atoms with Gasteiger partial charge in [0.2, 0.25) is 5.03 Å². The second-order valence-corrected chi connectivity index (χ2v) is 5.31. The van der Waals surface area contributed by atoms with E-state index < -0.39 is 26.9 Å². The average molecular weight is 247 g/mol. The number of sulfonamides is 1. The van der Waals surface area contributed by atoms with E-state index in [1.165, 1.54) is 19.3 Å². The third-order valence-electron chi connectivity index (χ3n) is 2.31. The molecule has 1 aromatic rings. The maximum atomic E-state index is 13.3. The molecule has 1 rings (SSSR count). The Kier molecular flexibility index (Phi) is 3.95. The number of pyridine rings is 1. The van der Waals surface area contributed by atoms with Crippen LogP contribution in [0.25, 0.3) is 0 Å². The molecule has 90 valence electrons. The van der Waals surface area contributed by atoms with Gasteiger partial charge in [-0.25, -0.2) is 17.8 Å². The highest BCUT2D eigenvalue weighted by Gasteiger charge is 2.28. The number of rotatable bonds is 4. The number of aromatic nitrogens is 1. The number of nitrogens with zero attached hydrogens (tertiary/aromatic N) is 2. The number of hydrogen-bond donors (Lipinski definition) is 1. The van der Waals surface area contributed by atoms with Gasteiger partial charge in [0.05, 0.1) is 0 Å². The fraction of sp³-hybridized carbons (Fsp3) is 0.444. The zero-order chi connectivity index (χ0) is 12.3. The second-order valence-electron chi connectivity index (χ2n) is 3.40. The van der Waals surface area contributed by atoms with E-state index in [2.05, 4.69) is 4.98 Å². The minimum atomic E-state index is -3.91. The Hall–Kier alpha value is -1.05. The Morgan fingerprint density at radius 3 is 2.75 bits per heavy atom. The van der Waals surface area contributed by atoms with Crippen LogP contribution in [0.1, 0.15) is 6.92 Å². The SMILES string of the molecule is CC(CN)N(C)S(=O)(=O)c1ncccc1F. The van der Waals surface area contributed by atoms with Gasteiger partial charge in [-0.3, -0.25) is 0 Å². The molecule has 0 amide bonds. The first-order valence-corrected chi connectivity index (χ1v) is 6.14. The van der Waals surface area contributed by atoms with Crippen molar-refractivity contribution in [1.29, 1.82) is 0 Å². The molecular weight excluding hydrogens is 233 g/mol. The average Bonchev–Trinajstić information content (AvgIpc) is 2.27. The molecule has 0 aliphatic carbocycles. The lowest BCUT2D eigenvalue weighted by Crippen LogP contribution is -2.40. The van der Waals surface area contributed by atoms with Crippen LogP contribution < -0.4 is 5.73 Å². The summed E-state index contributed by atoms with van der Waals surface area (Å²) in [4.78, 5) is 3.54. The molecule has 0 aliphatic rings. The normalized spacial score (nSPS) is 14.1. The van der Waals surface area contributed by atoms with Crippen LogP contribution in [-0.2, 0) is 10.0 Å². The molecule has 1 aromatic heterocycles. The van der Waals surface area contributed by atoms with E-state index in [9.17, 15) is 12.8 Å². The molecule has 0 aliphatic heterocycles. The summed E-state index contributed by atoms with van der Waals surface area (Å²) in [6.45, 7) is 1.79. The summed E-state index contributed by atoms with van der Waals surface area (Å²) in [5.41, 5.74) is 5.37. The van der Waals surface area contributed by atoms with Gasteiger partial charge < -0.3 is 5.73 Å².